The third-order valence-corrected chi connectivity index (χ3v) is 11.4. The predicted molar refractivity (Wildman–Crippen MR) is 178 cm³/mol. The summed E-state index contributed by atoms with van der Waals surface area (Å²) in [4.78, 5) is 16.6. The van der Waals surface area contributed by atoms with E-state index in [0.29, 0.717) is 58.4 Å². The van der Waals surface area contributed by atoms with Crippen molar-refractivity contribution in [3.05, 3.63) is 40.7 Å². The average Bonchev–Trinajstić information content (AvgIpc) is 3.87. The summed E-state index contributed by atoms with van der Waals surface area (Å²) in [6, 6.07) is 7.64. The van der Waals surface area contributed by atoms with Crippen molar-refractivity contribution in [1.82, 2.24) is 19.8 Å². The number of β-amino-alcohol motifs (C(OH)–C–C–N with tert-alkyl or cyclic N) is 1. The second-order valence-corrected chi connectivity index (χ2v) is 14.5. The van der Waals surface area contributed by atoms with Crippen molar-refractivity contribution in [2.45, 2.75) is 82.1 Å². The number of likely N-dealkylation sites (tertiary alicyclic amines) is 1. The molecular formula is C36H39F2N7O4. The number of hydrogen-bond acceptors (Lipinski definition) is 11. The van der Waals surface area contributed by atoms with Crippen LogP contribution in [0.1, 0.15) is 55.7 Å². The lowest BCUT2D eigenvalue weighted by atomic mass is 9.90. The molecule has 2 aromatic heterocycles. The quantitative estimate of drug-likeness (QED) is 0.284. The summed E-state index contributed by atoms with van der Waals surface area (Å²) in [6.45, 7) is 5.75. The number of aliphatic hydroxyl groups is 1. The first-order chi connectivity index (χ1) is 23.7. The number of hydrogen-bond donors (Lipinski definition) is 2. The molecule has 7 heterocycles. The molecule has 4 saturated heterocycles. The van der Waals surface area contributed by atoms with Gasteiger partial charge in [0, 0.05) is 55.6 Å². The number of aliphatic hydroxyl groups excluding tert-OH is 1. The summed E-state index contributed by atoms with van der Waals surface area (Å²) in [7, 11) is 0. The Hall–Kier alpha value is -4.09. The fourth-order valence-corrected chi connectivity index (χ4v) is 9.52. The number of rotatable bonds is 7. The molecular weight excluding hydrogens is 632 g/mol. The van der Waals surface area contributed by atoms with Crippen LogP contribution < -0.4 is 15.4 Å². The minimum atomic E-state index is -0.911. The van der Waals surface area contributed by atoms with Crippen LogP contribution in [0.5, 0.6) is 6.01 Å². The molecule has 256 valence electrons. The maximum atomic E-state index is 17.5. The Labute approximate surface area is 282 Å². The highest BCUT2D eigenvalue weighted by Gasteiger charge is 2.50. The zero-order chi connectivity index (χ0) is 33.6. The van der Waals surface area contributed by atoms with Gasteiger partial charge in [0.15, 0.2) is 5.82 Å². The van der Waals surface area contributed by atoms with E-state index in [1.165, 1.54) is 0 Å². The van der Waals surface area contributed by atoms with E-state index < -0.39 is 23.6 Å². The molecule has 49 heavy (non-hydrogen) atoms. The first-order valence-electron chi connectivity index (χ1n) is 17.3. The molecule has 4 fully saturated rings. The topological polar surface area (TPSA) is 137 Å². The monoisotopic (exact) mass is 671 g/mol. The Morgan fingerprint density at radius 2 is 1.96 bits per heavy atom. The van der Waals surface area contributed by atoms with E-state index >= 15 is 4.39 Å². The minimum Gasteiger partial charge on any atom is -0.461 e. The van der Waals surface area contributed by atoms with Crippen LogP contribution in [-0.4, -0.2) is 94.1 Å². The molecule has 2 aromatic carbocycles. The Morgan fingerprint density at radius 3 is 2.73 bits per heavy atom. The third kappa shape index (κ3) is 4.79. The van der Waals surface area contributed by atoms with E-state index in [1.54, 1.807) is 25.1 Å². The molecule has 2 bridgehead atoms. The van der Waals surface area contributed by atoms with Gasteiger partial charge in [-0.15, -0.1) is 0 Å². The second kappa shape index (κ2) is 11.5. The minimum absolute atomic E-state index is 0.0210. The Bertz CT molecular complexity index is 2020. The van der Waals surface area contributed by atoms with Crippen molar-refractivity contribution in [2.24, 2.45) is 0 Å². The predicted octanol–water partition coefficient (Wildman–Crippen LogP) is 4.66. The van der Waals surface area contributed by atoms with Gasteiger partial charge in [0.1, 0.15) is 41.3 Å². The molecule has 3 N–H and O–H groups in total. The lowest BCUT2D eigenvalue weighted by molar-refractivity contribution is 0.107. The number of aromatic nitrogens is 2. The number of anilines is 2. The van der Waals surface area contributed by atoms with Gasteiger partial charge >= 0.3 is 6.01 Å². The highest BCUT2D eigenvalue weighted by Crippen LogP contribution is 2.48. The average molecular weight is 672 g/mol. The van der Waals surface area contributed by atoms with Crippen molar-refractivity contribution >= 4 is 33.6 Å². The number of benzene rings is 2. The van der Waals surface area contributed by atoms with Crippen LogP contribution >= 0.6 is 0 Å². The third-order valence-electron chi connectivity index (χ3n) is 11.4. The number of nitriles is 1. The molecule has 9 rings (SSSR count). The second-order valence-electron chi connectivity index (χ2n) is 14.5. The van der Waals surface area contributed by atoms with Gasteiger partial charge in [0.25, 0.3) is 0 Å². The number of nitrogens with zero attached hydrogens (tertiary/aromatic N) is 6. The summed E-state index contributed by atoms with van der Waals surface area (Å²) in [5, 5.41) is 21.2. The molecule has 0 saturated carbocycles. The van der Waals surface area contributed by atoms with E-state index in [9.17, 15) is 14.8 Å². The number of furan rings is 1. The van der Waals surface area contributed by atoms with Gasteiger partial charge in [-0.2, -0.15) is 15.2 Å². The SMILES string of the molecule is C[C@@H](O)CN1CC2CCC(C1)N2c1nc(OC[C@@]23CCCN2C[C@H](F)C3)nc2c(F)c(-c3cccc4oc(N)c(C#N)c34)c3c(c12)COC3. The normalized spacial score (nSPS) is 27.2. The Kier molecular flexibility index (Phi) is 7.25. The first kappa shape index (κ1) is 30.9. The van der Waals surface area contributed by atoms with Crippen molar-refractivity contribution in [1.29, 1.82) is 5.26 Å². The van der Waals surface area contributed by atoms with Crippen LogP contribution in [0.2, 0.25) is 0 Å². The van der Waals surface area contributed by atoms with Gasteiger partial charge < -0.3 is 29.6 Å². The van der Waals surface area contributed by atoms with Gasteiger partial charge in [-0.05, 0) is 61.9 Å². The summed E-state index contributed by atoms with van der Waals surface area (Å²) in [5.74, 6) is 0.0390. The fraction of sp³-hybridized carbons (Fsp3) is 0.528. The lowest BCUT2D eigenvalue weighted by Crippen LogP contribution is -2.55. The maximum Gasteiger partial charge on any atom is 0.319 e. The van der Waals surface area contributed by atoms with Crippen molar-refractivity contribution in [3.63, 3.8) is 0 Å². The number of nitrogen functional groups attached to an aromatic ring is 1. The number of ether oxygens (including phenoxy) is 2. The van der Waals surface area contributed by atoms with Gasteiger partial charge in [0.2, 0.25) is 5.88 Å². The first-order valence-corrected chi connectivity index (χ1v) is 17.3. The molecule has 0 amide bonds. The van der Waals surface area contributed by atoms with E-state index in [1.807, 2.05) is 0 Å². The maximum absolute atomic E-state index is 17.5. The Balaban J connectivity index is 1.23. The molecule has 5 atom stereocenters. The highest BCUT2D eigenvalue weighted by molar-refractivity contribution is 6.05. The molecule has 2 unspecified atom stereocenters. The molecule has 13 heteroatoms. The van der Waals surface area contributed by atoms with Crippen LogP contribution in [0.15, 0.2) is 22.6 Å². The van der Waals surface area contributed by atoms with Gasteiger partial charge in [0.05, 0.1) is 30.2 Å². The molecule has 4 aromatic rings. The van der Waals surface area contributed by atoms with E-state index in [2.05, 4.69) is 20.8 Å². The summed E-state index contributed by atoms with van der Waals surface area (Å²) < 4.78 is 50.2. The lowest BCUT2D eigenvalue weighted by Gasteiger charge is -2.42. The van der Waals surface area contributed by atoms with Crippen LogP contribution in [0.25, 0.3) is 33.0 Å². The number of halogens is 2. The zero-order valence-electron chi connectivity index (χ0n) is 27.4. The molecule has 11 nitrogen and oxygen atoms in total. The molecule has 0 spiro atoms. The van der Waals surface area contributed by atoms with Gasteiger partial charge in [-0.25, -0.2) is 8.78 Å². The molecule has 0 radical (unpaired) electrons. The van der Waals surface area contributed by atoms with Crippen molar-refractivity contribution < 1.29 is 27.8 Å². The summed E-state index contributed by atoms with van der Waals surface area (Å²) in [5.41, 5.74) is 8.57. The molecule has 5 aliphatic heterocycles. The van der Waals surface area contributed by atoms with Gasteiger partial charge in [-0.3, -0.25) is 9.80 Å². The zero-order valence-corrected chi connectivity index (χ0v) is 27.4. The van der Waals surface area contributed by atoms with Crippen molar-refractivity contribution in [2.75, 3.05) is 50.0 Å². The standard InChI is InChI=1S/C36H39F2N7O4/c1-19(46)12-43-14-21-6-7-22(15-43)45(21)34-30-26-17-47-16-25(26)29(23-4-2-5-27-28(23)24(11-39)33(40)49-27)31(38)32(30)41-35(42-34)48-18-36-8-3-9-44(36)13-20(37)10-36/h2,4-5,19-22,46H,3,6-10,12-18,40H2,1H3/t19-,20-,21?,22?,36+/m1/s1. The summed E-state index contributed by atoms with van der Waals surface area (Å²) >= 11 is 0. The van der Waals surface area contributed by atoms with Crippen LogP contribution in [0.4, 0.5) is 20.5 Å². The van der Waals surface area contributed by atoms with Crippen LogP contribution in [-0.2, 0) is 18.0 Å². The van der Waals surface area contributed by atoms with Crippen molar-refractivity contribution in [3.8, 4) is 23.2 Å². The molecule has 0 aliphatic carbocycles. The van der Waals surface area contributed by atoms with E-state index in [4.69, 9.17) is 29.6 Å². The number of piperazine rings is 1. The van der Waals surface area contributed by atoms with Crippen LogP contribution in [0.3, 0.4) is 0 Å². The number of alkyl halides is 1. The number of nitrogens with two attached hydrogens (primary N) is 1. The van der Waals surface area contributed by atoms with Gasteiger partial charge in [-0.1, -0.05) is 12.1 Å². The fourth-order valence-electron chi connectivity index (χ4n) is 9.52. The highest BCUT2D eigenvalue weighted by atomic mass is 19.1. The van der Waals surface area contributed by atoms with E-state index in [0.717, 1.165) is 50.9 Å². The Morgan fingerprint density at radius 1 is 1.16 bits per heavy atom. The smallest absolute Gasteiger partial charge is 0.319 e. The number of fused-ring (bicyclic) bond motifs is 7. The van der Waals surface area contributed by atoms with Crippen LogP contribution in [0, 0.1) is 17.1 Å². The summed E-state index contributed by atoms with van der Waals surface area (Å²) in [6.07, 6.45) is 2.73. The molecule has 5 aliphatic rings. The van der Waals surface area contributed by atoms with E-state index in [-0.39, 0.29) is 54.9 Å². The largest absolute Gasteiger partial charge is 0.461 e.